The molecule has 0 atom stereocenters. The van der Waals surface area contributed by atoms with Crippen LogP contribution in [0.1, 0.15) is 46.3 Å². The molecule has 0 amide bonds. The van der Waals surface area contributed by atoms with Crippen LogP contribution in [0.25, 0.3) is 0 Å². The third-order valence-corrected chi connectivity index (χ3v) is 5.30. The molecule has 0 fully saturated rings. The van der Waals surface area contributed by atoms with Crippen molar-refractivity contribution >= 4 is 6.29 Å². The molecule has 0 aliphatic rings. The van der Waals surface area contributed by atoms with Gasteiger partial charge in [0.1, 0.15) is 11.7 Å². The van der Waals surface area contributed by atoms with Crippen molar-refractivity contribution in [2.45, 2.75) is 25.3 Å². The number of aryl methyl sites for hydroxylation is 1. The monoisotopic (exact) mass is 379 g/mol. The van der Waals surface area contributed by atoms with Crippen LogP contribution >= 0.6 is 0 Å². The molecular formula is C26H23N2O. The summed E-state index contributed by atoms with van der Waals surface area (Å²) >= 11 is 0. The summed E-state index contributed by atoms with van der Waals surface area (Å²) in [7, 11) is 0. The van der Waals surface area contributed by atoms with Crippen LogP contribution in [-0.2, 0) is 12.0 Å². The summed E-state index contributed by atoms with van der Waals surface area (Å²) in [5.74, 6) is 0.380. The van der Waals surface area contributed by atoms with E-state index in [1.807, 2.05) is 54.6 Å². The molecule has 0 saturated carbocycles. The summed E-state index contributed by atoms with van der Waals surface area (Å²) in [5.41, 5.74) is 3.42. The maximum absolute atomic E-state index is 12.1. The second-order valence-corrected chi connectivity index (χ2v) is 7.04. The van der Waals surface area contributed by atoms with Crippen molar-refractivity contribution in [2.24, 2.45) is 0 Å². The van der Waals surface area contributed by atoms with Gasteiger partial charge in [-0.2, -0.15) is 0 Å². The molecule has 3 aromatic carbocycles. The smallest absolute Gasteiger partial charge is 0.185 e. The van der Waals surface area contributed by atoms with Crippen molar-refractivity contribution < 1.29 is 4.79 Å². The van der Waals surface area contributed by atoms with Gasteiger partial charge < -0.3 is 4.57 Å². The van der Waals surface area contributed by atoms with E-state index in [1.165, 1.54) is 0 Å². The van der Waals surface area contributed by atoms with E-state index >= 15 is 0 Å². The van der Waals surface area contributed by atoms with Crippen LogP contribution < -0.4 is 0 Å². The van der Waals surface area contributed by atoms with E-state index in [9.17, 15) is 4.79 Å². The molecule has 1 radical (unpaired) electrons. The quantitative estimate of drug-likeness (QED) is 0.323. The van der Waals surface area contributed by atoms with Gasteiger partial charge in [-0.15, -0.1) is 0 Å². The minimum atomic E-state index is -0.725. The summed E-state index contributed by atoms with van der Waals surface area (Å²) in [5, 5.41) is 0. The Labute approximate surface area is 171 Å². The number of aromatic nitrogens is 2. The number of carbonyl (C=O) groups excluding carboxylic acids is 1. The van der Waals surface area contributed by atoms with Crippen molar-refractivity contribution in [3.05, 3.63) is 125 Å². The highest BCUT2D eigenvalue weighted by Crippen LogP contribution is 2.42. The fraction of sp³-hybridized carbons (Fsp3) is 0.154. The first-order chi connectivity index (χ1) is 14.3. The van der Waals surface area contributed by atoms with Crippen molar-refractivity contribution in [3.8, 4) is 0 Å². The molecule has 0 spiro atoms. The molecule has 4 rings (SSSR count). The molecule has 0 unspecified atom stereocenters. The number of hydrogen-bond acceptors (Lipinski definition) is 2. The van der Waals surface area contributed by atoms with Crippen LogP contribution in [0.15, 0.2) is 91.0 Å². The molecule has 4 aromatic rings. The van der Waals surface area contributed by atoms with Crippen LogP contribution in [0.2, 0.25) is 0 Å². The van der Waals surface area contributed by atoms with Gasteiger partial charge in [-0.3, -0.25) is 4.79 Å². The Bertz CT molecular complexity index is 973. The first-order valence-corrected chi connectivity index (χ1v) is 9.94. The Balaban J connectivity index is 2.19. The minimum absolute atomic E-state index is 0.380. The van der Waals surface area contributed by atoms with E-state index < -0.39 is 5.54 Å². The van der Waals surface area contributed by atoms with Gasteiger partial charge in [-0.05, 0) is 23.1 Å². The topological polar surface area (TPSA) is 34.9 Å². The zero-order valence-electron chi connectivity index (χ0n) is 16.5. The van der Waals surface area contributed by atoms with Crippen LogP contribution in [0.3, 0.4) is 0 Å². The molecule has 0 N–H and O–H groups in total. The molecule has 1 heterocycles. The van der Waals surface area contributed by atoms with Gasteiger partial charge in [0.05, 0.1) is 0 Å². The maximum Gasteiger partial charge on any atom is 0.185 e. The van der Waals surface area contributed by atoms with E-state index in [4.69, 9.17) is 0 Å². The molecule has 3 heteroatoms. The maximum atomic E-state index is 12.1. The average molecular weight is 379 g/mol. The second kappa shape index (κ2) is 8.27. The summed E-state index contributed by atoms with van der Waals surface area (Å²) in [6, 6.07) is 31.0. The van der Waals surface area contributed by atoms with E-state index in [-0.39, 0.29) is 0 Å². The van der Waals surface area contributed by atoms with Crippen LogP contribution in [0.4, 0.5) is 0 Å². The fourth-order valence-corrected chi connectivity index (χ4v) is 4.14. The highest BCUT2D eigenvalue weighted by atomic mass is 16.1. The van der Waals surface area contributed by atoms with Gasteiger partial charge in [0.25, 0.3) is 0 Å². The molecule has 0 aliphatic carbocycles. The highest BCUT2D eigenvalue weighted by molar-refractivity contribution is 5.71. The lowest BCUT2D eigenvalue weighted by Gasteiger charge is -2.39. The zero-order valence-corrected chi connectivity index (χ0v) is 16.5. The number of hydrogen-bond donors (Lipinski definition) is 0. The van der Waals surface area contributed by atoms with Crippen LogP contribution in [0, 0.1) is 6.20 Å². The second-order valence-electron chi connectivity index (χ2n) is 7.04. The van der Waals surface area contributed by atoms with Crippen molar-refractivity contribution in [2.75, 3.05) is 0 Å². The summed E-state index contributed by atoms with van der Waals surface area (Å²) in [6.45, 7) is 2.13. The number of aldehydes is 1. The molecule has 0 saturated heterocycles. The SMILES string of the molecule is CCCc1[c]nc(C=O)n1C(c1ccccc1)(c1ccccc1)c1ccccc1. The van der Waals surface area contributed by atoms with Crippen molar-refractivity contribution in [1.82, 2.24) is 9.55 Å². The molecule has 0 aliphatic heterocycles. The average Bonchev–Trinajstić information content (AvgIpc) is 3.20. The molecule has 3 nitrogen and oxygen atoms in total. The van der Waals surface area contributed by atoms with Gasteiger partial charge in [-0.1, -0.05) is 104 Å². The minimum Gasteiger partial charge on any atom is -0.307 e. The molecule has 0 bridgehead atoms. The zero-order chi connectivity index (χ0) is 20.1. The van der Waals surface area contributed by atoms with Crippen molar-refractivity contribution in [1.29, 1.82) is 0 Å². The lowest BCUT2D eigenvalue weighted by molar-refractivity contribution is 0.110. The number of imidazole rings is 1. The Morgan fingerprint density at radius 1 is 0.828 bits per heavy atom. The Morgan fingerprint density at radius 2 is 1.28 bits per heavy atom. The van der Waals surface area contributed by atoms with Gasteiger partial charge in [0.2, 0.25) is 0 Å². The third-order valence-electron chi connectivity index (χ3n) is 5.30. The van der Waals surface area contributed by atoms with Gasteiger partial charge in [0.15, 0.2) is 12.1 Å². The first-order valence-electron chi connectivity index (χ1n) is 9.94. The molecule has 143 valence electrons. The standard InChI is InChI=1S/C26H23N2O/c1-2-12-24-19-27-25(20-29)28(24)26(21-13-6-3-7-14-21,22-15-8-4-9-16-22)23-17-10-5-11-18-23/h3-11,13-18,20H,2,12H2,1H3. The molecular weight excluding hydrogens is 356 g/mol. The lowest BCUT2D eigenvalue weighted by atomic mass is 9.76. The predicted octanol–water partition coefficient (Wildman–Crippen LogP) is 5.29. The lowest BCUT2D eigenvalue weighted by Crippen LogP contribution is -2.40. The normalized spacial score (nSPS) is 11.3. The van der Waals surface area contributed by atoms with Gasteiger partial charge >= 0.3 is 0 Å². The summed E-state index contributed by atoms with van der Waals surface area (Å²) < 4.78 is 2.07. The Kier molecular flexibility index (Phi) is 5.39. The van der Waals surface area contributed by atoms with Crippen molar-refractivity contribution in [3.63, 3.8) is 0 Å². The Hall–Kier alpha value is -3.46. The fourth-order valence-electron chi connectivity index (χ4n) is 4.14. The van der Waals surface area contributed by atoms with E-state index in [0.29, 0.717) is 5.82 Å². The van der Waals surface area contributed by atoms with E-state index in [0.717, 1.165) is 41.5 Å². The highest BCUT2D eigenvalue weighted by Gasteiger charge is 2.41. The van der Waals surface area contributed by atoms with E-state index in [1.54, 1.807) is 0 Å². The number of rotatable bonds is 7. The van der Waals surface area contributed by atoms with Crippen LogP contribution in [0.5, 0.6) is 0 Å². The van der Waals surface area contributed by atoms with Crippen LogP contribution in [-0.4, -0.2) is 15.8 Å². The number of benzene rings is 3. The van der Waals surface area contributed by atoms with Gasteiger partial charge in [-0.25, -0.2) is 4.98 Å². The summed E-state index contributed by atoms with van der Waals surface area (Å²) in [4.78, 5) is 16.4. The number of carbonyl (C=O) groups is 1. The third kappa shape index (κ3) is 3.19. The summed E-state index contributed by atoms with van der Waals surface area (Å²) in [6.07, 6.45) is 5.68. The van der Waals surface area contributed by atoms with E-state index in [2.05, 4.69) is 59.1 Å². The molecule has 29 heavy (non-hydrogen) atoms. The largest absolute Gasteiger partial charge is 0.307 e. The first kappa shape index (κ1) is 18.9. The Morgan fingerprint density at radius 3 is 1.66 bits per heavy atom. The number of nitrogens with zero attached hydrogens (tertiary/aromatic N) is 2. The molecule has 1 aromatic heterocycles. The van der Waals surface area contributed by atoms with Gasteiger partial charge in [0, 0.05) is 5.69 Å². The predicted molar refractivity (Wildman–Crippen MR) is 115 cm³/mol.